The molecule has 6 heteroatoms. The Morgan fingerprint density at radius 3 is 2.95 bits per heavy atom. The fourth-order valence-corrected chi connectivity index (χ4v) is 2.59. The average Bonchev–Trinajstić information content (AvgIpc) is 2.42. The van der Waals surface area contributed by atoms with Crippen LogP contribution in [0.2, 0.25) is 0 Å². The van der Waals surface area contributed by atoms with E-state index in [1.165, 1.54) is 0 Å². The molecule has 1 saturated carbocycles. The number of aliphatic hydroxyl groups is 1. The van der Waals surface area contributed by atoms with Gasteiger partial charge < -0.3 is 24.8 Å². The number of aliphatic imine (C=N–C) groups is 1. The standard InChI is InChI=1S/C14H27N3O3/c1-3-15-13(16-11-14(18)5-4-6-14)17-7-8-20-12(9-17)10-19-2/h12,18H,3-11H2,1-2H3,(H,15,16). The van der Waals surface area contributed by atoms with Crippen molar-refractivity contribution < 1.29 is 14.6 Å². The molecule has 6 nitrogen and oxygen atoms in total. The minimum Gasteiger partial charge on any atom is -0.388 e. The van der Waals surface area contributed by atoms with E-state index in [9.17, 15) is 5.11 Å². The van der Waals surface area contributed by atoms with E-state index >= 15 is 0 Å². The Hall–Kier alpha value is -0.850. The highest BCUT2D eigenvalue weighted by molar-refractivity contribution is 5.80. The minimum absolute atomic E-state index is 0.0874. The van der Waals surface area contributed by atoms with Gasteiger partial charge in [-0.1, -0.05) is 0 Å². The highest BCUT2D eigenvalue weighted by Crippen LogP contribution is 2.31. The molecule has 1 aliphatic carbocycles. The summed E-state index contributed by atoms with van der Waals surface area (Å²) in [6.45, 7) is 6.25. The van der Waals surface area contributed by atoms with Gasteiger partial charge in [-0.2, -0.15) is 0 Å². The van der Waals surface area contributed by atoms with Gasteiger partial charge in [-0.3, -0.25) is 4.99 Å². The highest BCUT2D eigenvalue weighted by Gasteiger charge is 2.34. The monoisotopic (exact) mass is 285 g/mol. The van der Waals surface area contributed by atoms with Gasteiger partial charge >= 0.3 is 0 Å². The summed E-state index contributed by atoms with van der Waals surface area (Å²) in [5.41, 5.74) is -0.571. The van der Waals surface area contributed by atoms with Crippen molar-refractivity contribution in [2.24, 2.45) is 4.99 Å². The second-order valence-corrected chi connectivity index (χ2v) is 5.64. The van der Waals surface area contributed by atoms with E-state index < -0.39 is 5.60 Å². The van der Waals surface area contributed by atoms with E-state index in [1.807, 2.05) is 0 Å². The van der Waals surface area contributed by atoms with Crippen LogP contribution in [0.3, 0.4) is 0 Å². The van der Waals surface area contributed by atoms with E-state index in [1.54, 1.807) is 7.11 Å². The number of rotatable bonds is 5. The normalized spacial score (nSPS) is 26.2. The van der Waals surface area contributed by atoms with E-state index in [2.05, 4.69) is 22.1 Å². The van der Waals surface area contributed by atoms with Gasteiger partial charge in [-0.25, -0.2) is 0 Å². The molecule has 2 aliphatic rings. The molecule has 0 aromatic rings. The van der Waals surface area contributed by atoms with E-state index in [0.717, 1.165) is 44.9 Å². The van der Waals surface area contributed by atoms with Gasteiger partial charge in [0.1, 0.15) is 0 Å². The molecule has 0 bridgehead atoms. The molecular formula is C14H27N3O3. The molecule has 2 N–H and O–H groups in total. The Morgan fingerprint density at radius 2 is 2.35 bits per heavy atom. The van der Waals surface area contributed by atoms with Crippen LogP contribution in [0.4, 0.5) is 0 Å². The van der Waals surface area contributed by atoms with Crippen LogP contribution in [-0.4, -0.2) is 74.2 Å². The van der Waals surface area contributed by atoms with Crippen LogP contribution in [0.1, 0.15) is 26.2 Å². The second kappa shape index (κ2) is 7.24. The Bertz CT molecular complexity index is 330. The molecule has 2 fully saturated rings. The van der Waals surface area contributed by atoms with Gasteiger partial charge in [0.15, 0.2) is 5.96 Å². The zero-order valence-electron chi connectivity index (χ0n) is 12.6. The lowest BCUT2D eigenvalue weighted by Crippen LogP contribution is -2.52. The smallest absolute Gasteiger partial charge is 0.194 e. The fourth-order valence-electron chi connectivity index (χ4n) is 2.59. The SMILES string of the molecule is CCNC(=NCC1(O)CCC1)N1CCOC(COC)C1. The van der Waals surface area contributed by atoms with Crippen LogP contribution in [0.15, 0.2) is 4.99 Å². The summed E-state index contributed by atoms with van der Waals surface area (Å²) >= 11 is 0. The number of morpholine rings is 1. The van der Waals surface area contributed by atoms with Crippen LogP contribution in [0.5, 0.6) is 0 Å². The van der Waals surface area contributed by atoms with Crippen LogP contribution in [-0.2, 0) is 9.47 Å². The van der Waals surface area contributed by atoms with Gasteiger partial charge in [0.2, 0.25) is 0 Å². The van der Waals surface area contributed by atoms with Crippen molar-refractivity contribution >= 4 is 5.96 Å². The molecule has 1 unspecified atom stereocenters. The lowest BCUT2D eigenvalue weighted by Gasteiger charge is -2.37. The van der Waals surface area contributed by atoms with E-state index in [0.29, 0.717) is 19.8 Å². The third-order valence-electron chi connectivity index (χ3n) is 3.93. The summed E-state index contributed by atoms with van der Waals surface area (Å²) in [7, 11) is 1.69. The minimum atomic E-state index is -0.571. The van der Waals surface area contributed by atoms with Gasteiger partial charge in [-0.15, -0.1) is 0 Å². The van der Waals surface area contributed by atoms with Crippen LogP contribution in [0, 0.1) is 0 Å². The molecule has 0 aromatic carbocycles. The molecule has 1 saturated heterocycles. The maximum atomic E-state index is 10.2. The number of hydrogen-bond donors (Lipinski definition) is 2. The average molecular weight is 285 g/mol. The number of hydrogen-bond acceptors (Lipinski definition) is 4. The predicted molar refractivity (Wildman–Crippen MR) is 78.0 cm³/mol. The number of ether oxygens (including phenoxy) is 2. The van der Waals surface area contributed by atoms with Gasteiger partial charge in [0.05, 0.1) is 31.5 Å². The van der Waals surface area contributed by atoms with Gasteiger partial charge in [-0.05, 0) is 26.2 Å². The topological polar surface area (TPSA) is 66.3 Å². The number of nitrogens with one attached hydrogen (secondary N) is 1. The summed E-state index contributed by atoms with van der Waals surface area (Å²) in [6, 6.07) is 0. The lowest BCUT2D eigenvalue weighted by molar-refractivity contribution is -0.0454. The molecule has 0 aromatic heterocycles. The lowest BCUT2D eigenvalue weighted by atomic mass is 9.80. The van der Waals surface area contributed by atoms with Crippen molar-refractivity contribution in [1.29, 1.82) is 0 Å². The van der Waals surface area contributed by atoms with Crippen molar-refractivity contribution in [2.45, 2.75) is 37.9 Å². The maximum absolute atomic E-state index is 10.2. The van der Waals surface area contributed by atoms with Crippen molar-refractivity contribution in [2.75, 3.05) is 46.5 Å². The Kier molecular flexibility index (Phi) is 5.63. The molecule has 0 radical (unpaired) electrons. The van der Waals surface area contributed by atoms with Crippen molar-refractivity contribution in [1.82, 2.24) is 10.2 Å². The zero-order chi connectivity index (χ0) is 14.4. The molecule has 2 rings (SSSR count). The molecule has 20 heavy (non-hydrogen) atoms. The van der Waals surface area contributed by atoms with Gasteiger partial charge in [0, 0.05) is 26.7 Å². The second-order valence-electron chi connectivity index (χ2n) is 5.64. The van der Waals surface area contributed by atoms with Crippen LogP contribution < -0.4 is 5.32 Å². The first kappa shape index (κ1) is 15.5. The largest absolute Gasteiger partial charge is 0.388 e. The quantitative estimate of drug-likeness (QED) is 0.558. The van der Waals surface area contributed by atoms with Crippen molar-refractivity contribution in [3.63, 3.8) is 0 Å². The fraction of sp³-hybridized carbons (Fsp3) is 0.929. The Morgan fingerprint density at radius 1 is 1.55 bits per heavy atom. The summed E-state index contributed by atoms with van der Waals surface area (Å²) in [4.78, 5) is 6.80. The first-order valence-electron chi connectivity index (χ1n) is 7.53. The van der Waals surface area contributed by atoms with Crippen LogP contribution >= 0.6 is 0 Å². The number of methoxy groups -OCH3 is 1. The molecule has 0 amide bonds. The number of nitrogens with zero attached hydrogens (tertiary/aromatic N) is 2. The molecule has 116 valence electrons. The summed E-state index contributed by atoms with van der Waals surface area (Å²) in [5.74, 6) is 0.872. The van der Waals surface area contributed by atoms with Crippen molar-refractivity contribution in [3.05, 3.63) is 0 Å². The third-order valence-corrected chi connectivity index (χ3v) is 3.93. The summed E-state index contributed by atoms with van der Waals surface area (Å²) in [5, 5.41) is 13.5. The number of guanidine groups is 1. The molecular weight excluding hydrogens is 258 g/mol. The highest BCUT2D eigenvalue weighted by atomic mass is 16.5. The van der Waals surface area contributed by atoms with E-state index in [4.69, 9.17) is 9.47 Å². The maximum Gasteiger partial charge on any atom is 0.194 e. The Labute approximate surface area is 121 Å². The summed E-state index contributed by atoms with van der Waals surface area (Å²) < 4.78 is 10.8. The van der Waals surface area contributed by atoms with Gasteiger partial charge in [0.25, 0.3) is 0 Å². The van der Waals surface area contributed by atoms with Crippen molar-refractivity contribution in [3.8, 4) is 0 Å². The first-order chi connectivity index (χ1) is 9.67. The van der Waals surface area contributed by atoms with Crippen LogP contribution in [0.25, 0.3) is 0 Å². The molecule has 1 atom stereocenters. The first-order valence-corrected chi connectivity index (χ1v) is 7.53. The summed E-state index contributed by atoms with van der Waals surface area (Å²) in [6.07, 6.45) is 2.93. The zero-order valence-corrected chi connectivity index (χ0v) is 12.6. The Balaban J connectivity index is 1.94. The van der Waals surface area contributed by atoms with E-state index in [-0.39, 0.29) is 6.10 Å². The molecule has 1 heterocycles. The molecule has 1 aliphatic heterocycles. The third kappa shape index (κ3) is 4.07. The predicted octanol–water partition coefficient (Wildman–Crippen LogP) is 0.214. The molecule has 0 spiro atoms.